The van der Waals surface area contributed by atoms with Crippen LogP contribution in [0.1, 0.15) is 30.6 Å². The maximum atomic E-state index is 11.6. The molecule has 1 N–H and O–H groups in total. The van der Waals surface area contributed by atoms with Gasteiger partial charge < -0.3 is 5.11 Å². The fourth-order valence-electron chi connectivity index (χ4n) is 1.21. The standard InChI is InChI=1S/C11H13BrO2/c1-7(2)5-11(14)9-6-8(12)3-4-10(9)13/h3-4,6-7,13H,5H2,1-2H3. The third-order valence-electron chi connectivity index (χ3n) is 1.85. The number of aromatic hydroxyl groups is 1. The molecule has 1 rings (SSSR count). The van der Waals surface area contributed by atoms with Crippen molar-refractivity contribution < 1.29 is 9.90 Å². The average Bonchev–Trinajstić information content (AvgIpc) is 2.08. The molecule has 0 unspecified atom stereocenters. The van der Waals surface area contributed by atoms with E-state index in [1.54, 1.807) is 12.1 Å². The van der Waals surface area contributed by atoms with E-state index in [1.807, 2.05) is 13.8 Å². The Balaban J connectivity index is 2.94. The Kier molecular flexibility index (Phi) is 3.69. The number of benzene rings is 1. The molecule has 0 aliphatic carbocycles. The number of phenols is 1. The van der Waals surface area contributed by atoms with Gasteiger partial charge in [-0.25, -0.2) is 0 Å². The van der Waals surface area contributed by atoms with Gasteiger partial charge in [0.1, 0.15) is 5.75 Å². The molecule has 2 nitrogen and oxygen atoms in total. The Morgan fingerprint density at radius 2 is 2.14 bits per heavy atom. The second kappa shape index (κ2) is 4.60. The predicted octanol–water partition coefficient (Wildman–Crippen LogP) is 3.38. The third-order valence-corrected chi connectivity index (χ3v) is 2.35. The summed E-state index contributed by atoms with van der Waals surface area (Å²) >= 11 is 3.27. The Labute approximate surface area is 92.1 Å². The van der Waals surface area contributed by atoms with Gasteiger partial charge in [0.05, 0.1) is 5.56 Å². The highest BCUT2D eigenvalue weighted by Gasteiger charge is 2.12. The first-order valence-corrected chi connectivity index (χ1v) is 5.31. The third kappa shape index (κ3) is 2.84. The van der Waals surface area contributed by atoms with Gasteiger partial charge in [-0.2, -0.15) is 0 Å². The molecule has 0 aliphatic rings. The summed E-state index contributed by atoms with van der Waals surface area (Å²) in [5.41, 5.74) is 0.396. The zero-order chi connectivity index (χ0) is 10.7. The molecule has 1 aromatic carbocycles. The number of carbonyl (C=O) groups is 1. The van der Waals surface area contributed by atoms with Crippen molar-refractivity contribution in [2.24, 2.45) is 5.92 Å². The van der Waals surface area contributed by atoms with Crippen LogP contribution in [0, 0.1) is 5.92 Å². The fourth-order valence-corrected chi connectivity index (χ4v) is 1.57. The Bertz CT molecular complexity index is 345. The summed E-state index contributed by atoms with van der Waals surface area (Å²) in [5.74, 6) is 0.346. The largest absolute Gasteiger partial charge is 0.507 e. The first-order valence-electron chi connectivity index (χ1n) is 4.52. The molecule has 0 atom stereocenters. The van der Waals surface area contributed by atoms with E-state index in [2.05, 4.69) is 15.9 Å². The van der Waals surface area contributed by atoms with Crippen LogP contribution in [0.5, 0.6) is 5.75 Å². The van der Waals surface area contributed by atoms with Crippen molar-refractivity contribution >= 4 is 21.7 Å². The lowest BCUT2D eigenvalue weighted by Crippen LogP contribution is -2.03. The predicted molar refractivity (Wildman–Crippen MR) is 59.6 cm³/mol. The van der Waals surface area contributed by atoms with Crippen LogP contribution in [0.4, 0.5) is 0 Å². The Morgan fingerprint density at radius 3 is 2.71 bits per heavy atom. The highest BCUT2D eigenvalue weighted by molar-refractivity contribution is 9.10. The summed E-state index contributed by atoms with van der Waals surface area (Å²) < 4.78 is 0.808. The van der Waals surface area contributed by atoms with Crippen molar-refractivity contribution in [3.8, 4) is 5.75 Å². The summed E-state index contributed by atoms with van der Waals surface area (Å²) in [5, 5.41) is 9.48. The van der Waals surface area contributed by atoms with E-state index in [0.29, 0.717) is 17.9 Å². The zero-order valence-corrected chi connectivity index (χ0v) is 9.84. The number of rotatable bonds is 3. The molecule has 14 heavy (non-hydrogen) atoms. The number of hydrogen-bond acceptors (Lipinski definition) is 2. The lowest BCUT2D eigenvalue weighted by molar-refractivity contribution is 0.0965. The monoisotopic (exact) mass is 256 g/mol. The van der Waals surface area contributed by atoms with Crippen LogP contribution >= 0.6 is 15.9 Å². The second-order valence-electron chi connectivity index (χ2n) is 3.68. The summed E-state index contributed by atoms with van der Waals surface area (Å²) in [4.78, 5) is 11.6. The van der Waals surface area contributed by atoms with Crippen LogP contribution in [-0.2, 0) is 0 Å². The molecular weight excluding hydrogens is 244 g/mol. The topological polar surface area (TPSA) is 37.3 Å². The molecule has 0 aliphatic heterocycles. The van der Waals surface area contributed by atoms with Gasteiger partial charge in [0.15, 0.2) is 5.78 Å². The average molecular weight is 257 g/mol. The van der Waals surface area contributed by atoms with Crippen LogP contribution < -0.4 is 0 Å². The van der Waals surface area contributed by atoms with Gasteiger partial charge in [-0.3, -0.25) is 4.79 Å². The fraction of sp³-hybridized carbons (Fsp3) is 0.364. The van der Waals surface area contributed by atoms with E-state index < -0.39 is 0 Å². The number of ketones is 1. The van der Waals surface area contributed by atoms with Gasteiger partial charge in [-0.1, -0.05) is 29.8 Å². The van der Waals surface area contributed by atoms with E-state index in [9.17, 15) is 9.90 Å². The Morgan fingerprint density at radius 1 is 1.50 bits per heavy atom. The summed E-state index contributed by atoms with van der Waals surface area (Å²) in [6.45, 7) is 3.96. The smallest absolute Gasteiger partial charge is 0.166 e. The number of phenolic OH excluding ortho intramolecular Hbond substituents is 1. The SMILES string of the molecule is CC(C)CC(=O)c1cc(Br)ccc1O. The maximum absolute atomic E-state index is 11.6. The van der Waals surface area contributed by atoms with E-state index in [0.717, 1.165) is 4.47 Å². The highest BCUT2D eigenvalue weighted by atomic mass is 79.9. The zero-order valence-electron chi connectivity index (χ0n) is 8.25. The van der Waals surface area contributed by atoms with Crippen molar-refractivity contribution in [3.63, 3.8) is 0 Å². The first kappa shape index (κ1) is 11.2. The van der Waals surface area contributed by atoms with Crippen molar-refractivity contribution in [3.05, 3.63) is 28.2 Å². The molecule has 0 aromatic heterocycles. The second-order valence-corrected chi connectivity index (χ2v) is 4.60. The van der Waals surface area contributed by atoms with Gasteiger partial charge in [0.25, 0.3) is 0 Å². The van der Waals surface area contributed by atoms with Gasteiger partial charge in [-0.15, -0.1) is 0 Å². The van der Waals surface area contributed by atoms with Crippen LogP contribution in [0.25, 0.3) is 0 Å². The van der Waals surface area contributed by atoms with Crippen LogP contribution in [0.3, 0.4) is 0 Å². The van der Waals surface area contributed by atoms with Gasteiger partial charge in [-0.05, 0) is 24.1 Å². The lowest BCUT2D eigenvalue weighted by Gasteiger charge is -2.06. The molecule has 0 fully saturated rings. The molecule has 0 heterocycles. The van der Waals surface area contributed by atoms with Crippen LogP contribution in [0.2, 0.25) is 0 Å². The molecule has 0 radical (unpaired) electrons. The van der Waals surface area contributed by atoms with Crippen molar-refractivity contribution in [2.45, 2.75) is 20.3 Å². The first-order chi connectivity index (χ1) is 6.50. The van der Waals surface area contributed by atoms with E-state index in [-0.39, 0.29) is 11.5 Å². The van der Waals surface area contributed by atoms with Gasteiger partial charge in [0, 0.05) is 10.9 Å². The maximum Gasteiger partial charge on any atom is 0.166 e. The number of hydrogen-bond donors (Lipinski definition) is 1. The molecule has 0 saturated carbocycles. The molecule has 0 saturated heterocycles. The van der Waals surface area contributed by atoms with E-state index in [4.69, 9.17) is 0 Å². The molecule has 0 spiro atoms. The number of Topliss-reactive ketones (excluding diaryl/α,β-unsaturated/α-hetero) is 1. The molecule has 0 amide bonds. The summed E-state index contributed by atoms with van der Waals surface area (Å²) in [7, 11) is 0. The molecule has 0 bridgehead atoms. The number of carbonyl (C=O) groups excluding carboxylic acids is 1. The van der Waals surface area contributed by atoms with Crippen molar-refractivity contribution in [2.75, 3.05) is 0 Å². The van der Waals surface area contributed by atoms with Gasteiger partial charge in [0.2, 0.25) is 0 Å². The minimum absolute atomic E-state index is 0.0150. The van der Waals surface area contributed by atoms with Gasteiger partial charge >= 0.3 is 0 Å². The normalized spacial score (nSPS) is 10.6. The molecule has 76 valence electrons. The molecule has 1 aromatic rings. The van der Waals surface area contributed by atoms with Crippen LogP contribution in [-0.4, -0.2) is 10.9 Å². The minimum Gasteiger partial charge on any atom is -0.507 e. The quantitative estimate of drug-likeness (QED) is 0.843. The Hall–Kier alpha value is -0.830. The minimum atomic E-state index is -0.0150. The van der Waals surface area contributed by atoms with Crippen molar-refractivity contribution in [1.29, 1.82) is 0 Å². The van der Waals surface area contributed by atoms with E-state index in [1.165, 1.54) is 6.07 Å². The molecular formula is C11H13BrO2. The van der Waals surface area contributed by atoms with Crippen molar-refractivity contribution in [1.82, 2.24) is 0 Å². The molecule has 3 heteroatoms. The summed E-state index contributed by atoms with van der Waals surface area (Å²) in [6.07, 6.45) is 0.462. The van der Waals surface area contributed by atoms with Crippen LogP contribution in [0.15, 0.2) is 22.7 Å². The highest BCUT2D eigenvalue weighted by Crippen LogP contribution is 2.24. The van der Waals surface area contributed by atoms with E-state index >= 15 is 0 Å². The summed E-state index contributed by atoms with van der Waals surface area (Å²) in [6, 6.07) is 4.89. The lowest BCUT2D eigenvalue weighted by atomic mass is 10.0. The number of halogens is 1.